The maximum absolute atomic E-state index is 5.79. The van der Waals surface area contributed by atoms with Gasteiger partial charge in [0.15, 0.2) is 5.82 Å². The van der Waals surface area contributed by atoms with Crippen LogP contribution in [0.15, 0.2) is 22.7 Å². The van der Waals surface area contributed by atoms with Crippen molar-refractivity contribution in [1.82, 2.24) is 20.2 Å². The SMILES string of the molecule is CC(C)Cn1nnnc1-c1cc(N)ccc1Br. The maximum atomic E-state index is 5.79. The zero-order valence-corrected chi connectivity index (χ0v) is 11.3. The second-order valence-electron chi connectivity index (χ2n) is 4.32. The van der Waals surface area contributed by atoms with E-state index in [1.807, 2.05) is 18.2 Å². The number of hydrogen-bond donors (Lipinski definition) is 1. The van der Waals surface area contributed by atoms with Crippen LogP contribution in [0.4, 0.5) is 5.69 Å². The Hall–Kier alpha value is -1.43. The quantitative estimate of drug-likeness (QED) is 0.883. The number of nitrogens with two attached hydrogens (primary N) is 1. The van der Waals surface area contributed by atoms with Crippen LogP contribution in [0.25, 0.3) is 11.4 Å². The number of nitrogen functional groups attached to an aromatic ring is 1. The molecule has 2 rings (SSSR count). The number of aromatic nitrogens is 4. The minimum absolute atomic E-state index is 0.483. The van der Waals surface area contributed by atoms with Crippen molar-refractivity contribution in [2.45, 2.75) is 20.4 Å². The predicted octanol–water partition coefficient (Wildman–Crippen LogP) is 2.34. The molecule has 1 aromatic heterocycles. The van der Waals surface area contributed by atoms with Crippen LogP contribution in [-0.2, 0) is 6.54 Å². The lowest BCUT2D eigenvalue weighted by Gasteiger charge is -2.08. The molecule has 2 N–H and O–H groups in total. The van der Waals surface area contributed by atoms with Gasteiger partial charge in [-0.25, -0.2) is 4.68 Å². The highest BCUT2D eigenvalue weighted by Crippen LogP contribution is 2.28. The smallest absolute Gasteiger partial charge is 0.183 e. The molecule has 0 aliphatic heterocycles. The van der Waals surface area contributed by atoms with E-state index in [-0.39, 0.29) is 0 Å². The molecule has 0 unspecified atom stereocenters. The van der Waals surface area contributed by atoms with Crippen LogP contribution < -0.4 is 5.73 Å². The summed E-state index contributed by atoms with van der Waals surface area (Å²) in [6.07, 6.45) is 0. The fourth-order valence-electron chi connectivity index (χ4n) is 1.58. The fraction of sp³-hybridized carbons (Fsp3) is 0.364. The van der Waals surface area contributed by atoms with Gasteiger partial charge in [0.1, 0.15) is 0 Å². The van der Waals surface area contributed by atoms with Crippen LogP contribution in [0, 0.1) is 5.92 Å². The summed E-state index contributed by atoms with van der Waals surface area (Å²) in [6.45, 7) is 5.03. The van der Waals surface area contributed by atoms with E-state index in [2.05, 4.69) is 45.3 Å². The van der Waals surface area contributed by atoms with E-state index >= 15 is 0 Å². The molecule has 0 saturated heterocycles. The largest absolute Gasteiger partial charge is 0.399 e. The topological polar surface area (TPSA) is 69.6 Å². The molecule has 0 bridgehead atoms. The van der Waals surface area contributed by atoms with Gasteiger partial charge in [-0.1, -0.05) is 29.8 Å². The summed E-state index contributed by atoms with van der Waals surface area (Å²) in [7, 11) is 0. The molecule has 1 aromatic carbocycles. The summed E-state index contributed by atoms with van der Waals surface area (Å²) in [4.78, 5) is 0. The Morgan fingerprint density at radius 1 is 1.41 bits per heavy atom. The molecule has 0 amide bonds. The van der Waals surface area contributed by atoms with Gasteiger partial charge in [-0.05, 0) is 34.5 Å². The van der Waals surface area contributed by atoms with Crippen LogP contribution in [0.3, 0.4) is 0 Å². The average Bonchev–Trinajstić information content (AvgIpc) is 2.69. The Morgan fingerprint density at radius 2 is 2.18 bits per heavy atom. The summed E-state index contributed by atoms with van der Waals surface area (Å²) in [5.41, 5.74) is 7.40. The number of rotatable bonds is 3. The van der Waals surface area contributed by atoms with Gasteiger partial charge in [0.05, 0.1) is 0 Å². The van der Waals surface area contributed by atoms with E-state index in [1.54, 1.807) is 4.68 Å². The average molecular weight is 296 g/mol. The van der Waals surface area contributed by atoms with Crippen molar-refractivity contribution >= 4 is 21.6 Å². The van der Waals surface area contributed by atoms with Crippen LogP contribution >= 0.6 is 15.9 Å². The summed E-state index contributed by atoms with van der Waals surface area (Å²) >= 11 is 3.49. The summed E-state index contributed by atoms with van der Waals surface area (Å²) < 4.78 is 2.73. The van der Waals surface area contributed by atoms with Crippen LogP contribution in [0.2, 0.25) is 0 Å². The van der Waals surface area contributed by atoms with Gasteiger partial charge in [-0.2, -0.15) is 0 Å². The lowest BCUT2D eigenvalue weighted by Crippen LogP contribution is -2.08. The van der Waals surface area contributed by atoms with E-state index < -0.39 is 0 Å². The van der Waals surface area contributed by atoms with Crippen LogP contribution in [0.5, 0.6) is 0 Å². The van der Waals surface area contributed by atoms with Crippen molar-refractivity contribution < 1.29 is 0 Å². The standard InChI is InChI=1S/C11H14BrN5/c1-7(2)6-17-11(14-15-16-17)9-5-8(13)3-4-10(9)12/h3-5,7H,6,13H2,1-2H3. The van der Waals surface area contributed by atoms with E-state index in [1.165, 1.54) is 0 Å². The first kappa shape index (κ1) is 12.0. The summed E-state index contributed by atoms with van der Waals surface area (Å²) in [6, 6.07) is 5.61. The Bertz CT molecular complexity index is 520. The van der Waals surface area contributed by atoms with Crippen molar-refractivity contribution in [3.05, 3.63) is 22.7 Å². The number of nitrogens with zero attached hydrogens (tertiary/aromatic N) is 4. The minimum Gasteiger partial charge on any atom is -0.399 e. The summed E-state index contributed by atoms with van der Waals surface area (Å²) in [5, 5.41) is 11.8. The molecule has 17 heavy (non-hydrogen) atoms. The van der Waals surface area contributed by atoms with Gasteiger partial charge in [-0.15, -0.1) is 5.10 Å². The molecule has 0 fully saturated rings. The lowest BCUT2D eigenvalue weighted by atomic mass is 10.2. The Labute approximate surface area is 108 Å². The third kappa shape index (κ3) is 2.63. The molecule has 90 valence electrons. The molecular weight excluding hydrogens is 282 g/mol. The highest BCUT2D eigenvalue weighted by molar-refractivity contribution is 9.10. The number of anilines is 1. The second kappa shape index (κ2) is 4.83. The number of tetrazole rings is 1. The van der Waals surface area contributed by atoms with E-state index in [9.17, 15) is 0 Å². The second-order valence-corrected chi connectivity index (χ2v) is 5.17. The molecule has 0 saturated carbocycles. The first-order chi connectivity index (χ1) is 8.08. The van der Waals surface area contributed by atoms with E-state index in [0.717, 1.165) is 22.4 Å². The monoisotopic (exact) mass is 295 g/mol. The van der Waals surface area contributed by atoms with Crippen molar-refractivity contribution in [2.24, 2.45) is 5.92 Å². The zero-order chi connectivity index (χ0) is 12.4. The molecule has 0 radical (unpaired) electrons. The van der Waals surface area contributed by atoms with Gasteiger partial charge in [0, 0.05) is 22.3 Å². The molecule has 5 nitrogen and oxygen atoms in total. The molecule has 0 aliphatic rings. The van der Waals surface area contributed by atoms with Crippen molar-refractivity contribution in [3.8, 4) is 11.4 Å². The van der Waals surface area contributed by atoms with E-state index in [4.69, 9.17) is 5.73 Å². The first-order valence-corrected chi connectivity index (χ1v) is 6.19. The highest BCUT2D eigenvalue weighted by Gasteiger charge is 2.13. The minimum atomic E-state index is 0.483. The Kier molecular flexibility index (Phi) is 3.42. The lowest BCUT2D eigenvalue weighted by molar-refractivity contribution is 0.475. The predicted molar refractivity (Wildman–Crippen MR) is 70.2 cm³/mol. The van der Waals surface area contributed by atoms with Crippen molar-refractivity contribution in [2.75, 3.05) is 5.73 Å². The Balaban J connectivity index is 2.45. The molecular formula is C11H14BrN5. The number of hydrogen-bond acceptors (Lipinski definition) is 4. The normalized spacial score (nSPS) is 11.1. The number of benzene rings is 1. The van der Waals surface area contributed by atoms with Gasteiger partial charge >= 0.3 is 0 Å². The summed E-state index contributed by atoms with van der Waals surface area (Å²) in [5.74, 6) is 1.22. The Morgan fingerprint density at radius 3 is 2.88 bits per heavy atom. The van der Waals surface area contributed by atoms with E-state index in [0.29, 0.717) is 11.6 Å². The van der Waals surface area contributed by atoms with Gasteiger partial charge < -0.3 is 5.73 Å². The molecule has 0 aliphatic carbocycles. The van der Waals surface area contributed by atoms with Crippen LogP contribution in [-0.4, -0.2) is 20.2 Å². The van der Waals surface area contributed by atoms with Crippen LogP contribution in [0.1, 0.15) is 13.8 Å². The molecule has 1 heterocycles. The molecule has 6 heteroatoms. The molecule has 2 aromatic rings. The third-order valence-electron chi connectivity index (χ3n) is 2.30. The number of halogens is 1. The molecule has 0 spiro atoms. The third-order valence-corrected chi connectivity index (χ3v) is 2.99. The van der Waals surface area contributed by atoms with Crippen molar-refractivity contribution in [1.29, 1.82) is 0 Å². The zero-order valence-electron chi connectivity index (χ0n) is 9.76. The van der Waals surface area contributed by atoms with Gasteiger partial charge in [-0.3, -0.25) is 0 Å². The maximum Gasteiger partial charge on any atom is 0.183 e. The van der Waals surface area contributed by atoms with Gasteiger partial charge in [0.2, 0.25) is 0 Å². The highest BCUT2D eigenvalue weighted by atomic mass is 79.9. The first-order valence-electron chi connectivity index (χ1n) is 5.39. The molecule has 0 atom stereocenters. The fourth-order valence-corrected chi connectivity index (χ4v) is 2.00. The van der Waals surface area contributed by atoms with Gasteiger partial charge in [0.25, 0.3) is 0 Å². The van der Waals surface area contributed by atoms with Crippen molar-refractivity contribution in [3.63, 3.8) is 0 Å².